The Balaban J connectivity index is 2.22. The minimum Gasteiger partial charge on any atom is -0.396 e. The zero-order valence-corrected chi connectivity index (χ0v) is 10.9. The predicted molar refractivity (Wildman–Crippen MR) is 69.9 cm³/mol. The van der Waals surface area contributed by atoms with Gasteiger partial charge in [0.05, 0.1) is 0 Å². The Morgan fingerprint density at radius 3 is 2.68 bits per heavy atom. The molecule has 1 aliphatic rings. The van der Waals surface area contributed by atoms with Crippen LogP contribution in [-0.4, -0.2) is 42.8 Å². The molecule has 3 nitrogen and oxygen atoms in total. The van der Waals surface area contributed by atoms with Crippen LogP contribution in [0.4, 0.5) is 8.78 Å². The number of aliphatic hydroxyl groups is 1. The van der Waals surface area contributed by atoms with Gasteiger partial charge in [-0.25, -0.2) is 8.78 Å². The fourth-order valence-corrected chi connectivity index (χ4v) is 2.58. The van der Waals surface area contributed by atoms with Gasteiger partial charge in [-0.15, -0.1) is 0 Å². The van der Waals surface area contributed by atoms with Gasteiger partial charge in [0.25, 0.3) is 0 Å². The summed E-state index contributed by atoms with van der Waals surface area (Å²) < 4.78 is 27.3. The molecule has 0 radical (unpaired) electrons. The number of piperazine rings is 1. The first-order valence-electron chi connectivity index (χ1n) is 6.73. The molecule has 5 heteroatoms. The van der Waals surface area contributed by atoms with Crippen LogP contribution in [0, 0.1) is 11.6 Å². The van der Waals surface area contributed by atoms with E-state index in [0.717, 1.165) is 32.2 Å². The van der Waals surface area contributed by atoms with Crippen molar-refractivity contribution in [1.29, 1.82) is 0 Å². The molecule has 1 aliphatic heterocycles. The Kier molecular flexibility index (Phi) is 5.24. The van der Waals surface area contributed by atoms with Gasteiger partial charge in [0.2, 0.25) is 0 Å². The number of benzene rings is 1. The lowest BCUT2D eigenvalue weighted by Crippen LogP contribution is -2.45. The second-order valence-corrected chi connectivity index (χ2v) is 4.83. The van der Waals surface area contributed by atoms with E-state index in [2.05, 4.69) is 10.2 Å². The van der Waals surface area contributed by atoms with E-state index in [1.54, 1.807) is 0 Å². The maximum Gasteiger partial charge on any atom is 0.128 e. The van der Waals surface area contributed by atoms with E-state index in [-0.39, 0.29) is 18.5 Å². The number of nitrogens with one attached hydrogen (secondary N) is 1. The first-order valence-corrected chi connectivity index (χ1v) is 6.73. The molecular formula is C14H20F2N2O. The third-order valence-electron chi connectivity index (χ3n) is 3.55. The highest BCUT2D eigenvalue weighted by Crippen LogP contribution is 2.28. The summed E-state index contributed by atoms with van der Waals surface area (Å²) in [7, 11) is 0. The number of halogens is 2. The summed E-state index contributed by atoms with van der Waals surface area (Å²) in [6, 6.07) is 3.43. The number of rotatable bonds is 5. The highest BCUT2D eigenvalue weighted by Gasteiger charge is 2.24. The molecule has 0 aromatic heterocycles. The minimum absolute atomic E-state index is 0.0690. The molecule has 1 saturated heterocycles. The van der Waals surface area contributed by atoms with Crippen molar-refractivity contribution < 1.29 is 13.9 Å². The number of hydrogen-bond donors (Lipinski definition) is 2. The average molecular weight is 270 g/mol. The van der Waals surface area contributed by atoms with Gasteiger partial charge in [-0.3, -0.25) is 4.90 Å². The summed E-state index contributed by atoms with van der Waals surface area (Å²) in [4.78, 5) is 2.16. The summed E-state index contributed by atoms with van der Waals surface area (Å²) in [5.74, 6) is -0.789. The van der Waals surface area contributed by atoms with E-state index in [1.807, 2.05) is 0 Å². The molecule has 0 unspecified atom stereocenters. The monoisotopic (exact) mass is 270 g/mol. The first-order chi connectivity index (χ1) is 9.22. The van der Waals surface area contributed by atoms with E-state index in [1.165, 1.54) is 12.1 Å². The molecule has 1 aromatic rings. The smallest absolute Gasteiger partial charge is 0.128 e. The fourth-order valence-electron chi connectivity index (χ4n) is 2.58. The zero-order valence-electron chi connectivity index (χ0n) is 10.9. The van der Waals surface area contributed by atoms with Crippen molar-refractivity contribution >= 4 is 0 Å². The topological polar surface area (TPSA) is 35.5 Å². The first kappa shape index (κ1) is 14.4. The van der Waals surface area contributed by atoms with Gasteiger partial charge in [0.15, 0.2) is 0 Å². The molecule has 0 bridgehead atoms. The van der Waals surface area contributed by atoms with E-state index >= 15 is 0 Å². The van der Waals surface area contributed by atoms with Crippen LogP contribution < -0.4 is 5.32 Å². The third kappa shape index (κ3) is 3.72. The molecule has 1 aromatic carbocycles. The van der Waals surface area contributed by atoms with Crippen LogP contribution in [0.1, 0.15) is 24.4 Å². The summed E-state index contributed by atoms with van der Waals surface area (Å²) in [5, 5.41) is 12.2. The molecule has 0 saturated carbocycles. The van der Waals surface area contributed by atoms with Crippen molar-refractivity contribution in [3.05, 3.63) is 35.4 Å². The summed E-state index contributed by atoms with van der Waals surface area (Å²) in [6.45, 7) is 3.40. The molecule has 1 fully saturated rings. The van der Waals surface area contributed by atoms with Crippen molar-refractivity contribution in [2.75, 3.05) is 32.8 Å². The maximum atomic E-state index is 13.9. The summed E-state index contributed by atoms with van der Waals surface area (Å²) in [6.07, 6.45) is 1.22. The Morgan fingerprint density at radius 1 is 1.26 bits per heavy atom. The van der Waals surface area contributed by atoms with Gasteiger partial charge >= 0.3 is 0 Å². The third-order valence-corrected chi connectivity index (χ3v) is 3.55. The Hall–Kier alpha value is -1.04. The molecule has 1 heterocycles. The number of aliphatic hydroxyl groups excluding tert-OH is 1. The lowest BCUT2D eigenvalue weighted by atomic mass is 9.99. The molecule has 2 N–H and O–H groups in total. The van der Waals surface area contributed by atoms with Crippen LogP contribution in [0.15, 0.2) is 18.2 Å². The quantitative estimate of drug-likeness (QED) is 0.854. The van der Waals surface area contributed by atoms with Crippen molar-refractivity contribution in [2.45, 2.75) is 18.9 Å². The van der Waals surface area contributed by atoms with Gasteiger partial charge in [-0.1, -0.05) is 0 Å². The van der Waals surface area contributed by atoms with Crippen molar-refractivity contribution in [3.8, 4) is 0 Å². The molecule has 0 amide bonds. The fraction of sp³-hybridized carbons (Fsp3) is 0.571. The van der Waals surface area contributed by atoms with Gasteiger partial charge < -0.3 is 10.4 Å². The molecule has 0 aliphatic carbocycles. The molecule has 2 rings (SSSR count). The SMILES string of the molecule is OCCC[C@@H](c1cc(F)ccc1F)N1CCNCC1. The Morgan fingerprint density at radius 2 is 2.00 bits per heavy atom. The molecule has 106 valence electrons. The van der Waals surface area contributed by atoms with Crippen LogP contribution in [0.2, 0.25) is 0 Å². The van der Waals surface area contributed by atoms with Gasteiger partial charge in [0, 0.05) is 44.4 Å². The number of hydrogen-bond acceptors (Lipinski definition) is 3. The second kappa shape index (κ2) is 6.93. The van der Waals surface area contributed by atoms with Crippen molar-refractivity contribution in [1.82, 2.24) is 10.2 Å². The highest BCUT2D eigenvalue weighted by molar-refractivity contribution is 5.22. The van der Waals surface area contributed by atoms with Crippen molar-refractivity contribution in [2.24, 2.45) is 0 Å². The molecule has 19 heavy (non-hydrogen) atoms. The summed E-state index contributed by atoms with van der Waals surface area (Å²) in [5.41, 5.74) is 0.398. The molecular weight excluding hydrogens is 250 g/mol. The normalized spacial score (nSPS) is 18.5. The zero-order chi connectivity index (χ0) is 13.7. The molecule has 0 spiro atoms. The van der Waals surface area contributed by atoms with E-state index < -0.39 is 5.82 Å². The van der Waals surface area contributed by atoms with Crippen LogP contribution >= 0.6 is 0 Å². The van der Waals surface area contributed by atoms with E-state index in [0.29, 0.717) is 18.4 Å². The van der Waals surface area contributed by atoms with Gasteiger partial charge in [-0.05, 0) is 31.0 Å². The van der Waals surface area contributed by atoms with E-state index in [4.69, 9.17) is 5.11 Å². The van der Waals surface area contributed by atoms with Crippen LogP contribution in [0.25, 0.3) is 0 Å². The van der Waals surface area contributed by atoms with Crippen LogP contribution in [0.3, 0.4) is 0 Å². The van der Waals surface area contributed by atoms with Gasteiger partial charge in [0.1, 0.15) is 11.6 Å². The lowest BCUT2D eigenvalue weighted by molar-refractivity contribution is 0.151. The average Bonchev–Trinajstić information content (AvgIpc) is 2.44. The summed E-state index contributed by atoms with van der Waals surface area (Å²) >= 11 is 0. The van der Waals surface area contributed by atoms with E-state index in [9.17, 15) is 8.78 Å². The number of nitrogens with zero attached hydrogens (tertiary/aromatic N) is 1. The predicted octanol–water partition coefficient (Wildman–Crippen LogP) is 1.68. The van der Waals surface area contributed by atoms with Gasteiger partial charge in [-0.2, -0.15) is 0 Å². The minimum atomic E-state index is -0.416. The molecule has 1 atom stereocenters. The highest BCUT2D eigenvalue weighted by atomic mass is 19.1. The van der Waals surface area contributed by atoms with Crippen LogP contribution in [0.5, 0.6) is 0 Å². The van der Waals surface area contributed by atoms with Crippen LogP contribution in [-0.2, 0) is 0 Å². The second-order valence-electron chi connectivity index (χ2n) is 4.83. The van der Waals surface area contributed by atoms with Crippen molar-refractivity contribution in [3.63, 3.8) is 0 Å². The maximum absolute atomic E-state index is 13.9. The lowest BCUT2D eigenvalue weighted by Gasteiger charge is -2.35. The Bertz CT molecular complexity index is 408. The largest absolute Gasteiger partial charge is 0.396 e. The standard InChI is InChI=1S/C14H20F2N2O/c15-11-3-4-13(16)12(10-11)14(2-1-9-19)18-7-5-17-6-8-18/h3-4,10,14,17,19H,1-2,5-9H2/t14-/m0/s1. The Labute approximate surface area is 112 Å².